The molecule has 0 bridgehead atoms. The molecule has 0 spiro atoms. The zero-order valence-electron chi connectivity index (χ0n) is 12.7. The smallest absolute Gasteiger partial charge is 0.0224 e. The Morgan fingerprint density at radius 2 is 2.11 bits per heavy atom. The van der Waals surface area contributed by atoms with Crippen molar-refractivity contribution in [1.82, 2.24) is 15.1 Å². The lowest BCUT2D eigenvalue weighted by Gasteiger charge is -2.44. The third-order valence-electron chi connectivity index (χ3n) is 5.20. The van der Waals surface area contributed by atoms with Gasteiger partial charge in [-0.05, 0) is 39.3 Å². The van der Waals surface area contributed by atoms with E-state index < -0.39 is 0 Å². The number of rotatable bonds is 5. The van der Waals surface area contributed by atoms with Crippen molar-refractivity contribution in [3.05, 3.63) is 0 Å². The fourth-order valence-corrected chi connectivity index (χ4v) is 3.60. The summed E-state index contributed by atoms with van der Waals surface area (Å²) < 4.78 is 0. The van der Waals surface area contributed by atoms with Crippen molar-refractivity contribution in [1.29, 1.82) is 0 Å². The van der Waals surface area contributed by atoms with Crippen LogP contribution in [0, 0.1) is 5.92 Å². The van der Waals surface area contributed by atoms with Gasteiger partial charge in [0.1, 0.15) is 0 Å². The molecular weight excluding hydrogens is 222 g/mol. The second-order valence-electron chi connectivity index (χ2n) is 6.37. The van der Waals surface area contributed by atoms with Gasteiger partial charge in [0.05, 0.1) is 0 Å². The van der Waals surface area contributed by atoms with Gasteiger partial charge >= 0.3 is 0 Å². The summed E-state index contributed by atoms with van der Waals surface area (Å²) in [6.45, 7) is 12.2. The minimum atomic E-state index is 0.644. The van der Waals surface area contributed by atoms with E-state index in [4.69, 9.17) is 0 Å². The Morgan fingerprint density at radius 3 is 2.78 bits per heavy atom. The van der Waals surface area contributed by atoms with Crippen LogP contribution in [0.3, 0.4) is 0 Å². The third kappa shape index (κ3) is 3.06. The third-order valence-corrected chi connectivity index (χ3v) is 5.20. The number of piperazine rings is 1. The molecule has 2 rings (SSSR count). The van der Waals surface area contributed by atoms with Gasteiger partial charge in [-0.2, -0.15) is 0 Å². The second kappa shape index (κ2) is 6.36. The van der Waals surface area contributed by atoms with Gasteiger partial charge in [0.2, 0.25) is 0 Å². The lowest BCUT2D eigenvalue weighted by Crippen LogP contribution is -2.58. The maximum Gasteiger partial charge on any atom is 0.0224 e. The topological polar surface area (TPSA) is 18.5 Å². The highest BCUT2D eigenvalue weighted by atomic mass is 15.3. The zero-order chi connectivity index (χ0) is 13.1. The van der Waals surface area contributed by atoms with Crippen LogP contribution in [0.1, 0.15) is 40.0 Å². The molecule has 0 radical (unpaired) electrons. The van der Waals surface area contributed by atoms with Crippen molar-refractivity contribution in [2.75, 3.05) is 33.2 Å². The van der Waals surface area contributed by atoms with Crippen molar-refractivity contribution >= 4 is 0 Å². The highest BCUT2D eigenvalue weighted by molar-refractivity contribution is 4.92. The number of nitrogens with one attached hydrogen (secondary N) is 1. The molecule has 1 N–H and O–H groups in total. The Balaban J connectivity index is 1.91. The molecule has 2 saturated heterocycles. The fraction of sp³-hybridized carbons (Fsp3) is 1.00. The van der Waals surface area contributed by atoms with Crippen LogP contribution in [0.4, 0.5) is 0 Å². The molecule has 0 amide bonds. The summed E-state index contributed by atoms with van der Waals surface area (Å²) in [6, 6.07) is 2.21. The molecule has 2 heterocycles. The first kappa shape index (κ1) is 14.3. The van der Waals surface area contributed by atoms with Crippen LogP contribution in [-0.4, -0.2) is 61.2 Å². The van der Waals surface area contributed by atoms with E-state index in [-0.39, 0.29) is 0 Å². The van der Waals surface area contributed by atoms with Crippen LogP contribution in [0.2, 0.25) is 0 Å². The van der Waals surface area contributed by atoms with Crippen molar-refractivity contribution in [3.8, 4) is 0 Å². The summed E-state index contributed by atoms with van der Waals surface area (Å²) in [4.78, 5) is 5.43. The van der Waals surface area contributed by atoms with Gasteiger partial charge in [0.15, 0.2) is 0 Å². The van der Waals surface area contributed by atoms with E-state index in [0.717, 1.165) is 18.0 Å². The Bertz CT molecular complexity index is 256. The van der Waals surface area contributed by atoms with Crippen LogP contribution in [-0.2, 0) is 0 Å². The molecule has 4 unspecified atom stereocenters. The van der Waals surface area contributed by atoms with Gasteiger partial charge in [0, 0.05) is 37.8 Å². The van der Waals surface area contributed by atoms with E-state index in [1.165, 1.54) is 45.4 Å². The second-order valence-corrected chi connectivity index (χ2v) is 6.37. The summed E-state index contributed by atoms with van der Waals surface area (Å²) in [5, 5.41) is 3.53. The quantitative estimate of drug-likeness (QED) is 0.806. The van der Waals surface area contributed by atoms with E-state index in [0.29, 0.717) is 6.04 Å². The van der Waals surface area contributed by atoms with Crippen LogP contribution >= 0.6 is 0 Å². The van der Waals surface area contributed by atoms with Crippen LogP contribution in [0.25, 0.3) is 0 Å². The molecule has 3 nitrogen and oxygen atoms in total. The van der Waals surface area contributed by atoms with Crippen molar-refractivity contribution < 1.29 is 0 Å². The summed E-state index contributed by atoms with van der Waals surface area (Å²) >= 11 is 0. The summed E-state index contributed by atoms with van der Waals surface area (Å²) in [5.74, 6) is 0.767. The number of fused-ring (bicyclic) bond motifs is 1. The molecule has 0 aromatic carbocycles. The molecule has 4 atom stereocenters. The number of likely N-dealkylation sites (N-methyl/N-ethyl adjacent to an activating group) is 1. The average Bonchev–Trinajstić information content (AvgIpc) is 2.81. The predicted octanol–water partition coefficient (Wildman–Crippen LogP) is 1.79. The highest BCUT2D eigenvalue weighted by Gasteiger charge is 2.35. The molecule has 3 heteroatoms. The van der Waals surface area contributed by atoms with E-state index in [2.05, 4.69) is 42.9 Å². The lowest BCUT2D eigenvalue weighted by molar-refractivity contribution is 0.0481. The van der Waals surface area contributed by atoms with E-state index in [9.17, 15) is 0 Å². The van der Waals surface area contributed by atoms with Gasteiger partial charge in [0.25, 0.3) is 0 Å². The van der Waals surface area contributed by atoms with Crippen LogP contribution in [0.15, 0.2) is 0 Å². The molecular formula is C15H31N3. The maximum atomic E-state index is 3.53. The van der Waals surface area contributed by atoms with E-state index >= 15 is 0 Å². The van der Waals surface area contributed by atoms with Gasteiger partial charge in [-0.25, -0.2) is 0 Å². The van der Waals surface area contributed by atoms with E-state index in [1.807, 2.05) is 0 Å². The molecule has 106 valence electrons. The van der Waals surface area contributed by atoms with Crippen LogP contribution < -0.4 is 5.32 Å². The SMILES string of the molecule is CCC(C)C(CN1CC2CCCN2CC1C)NC. The fourth-order valence-electron chi connectivity index (χ4n) is 3.60. The largest absolute Gasteiger partial charge is 0.315 e. The molecule has 0 aliphatic carbocycles. The highest BCUT2D eigenvalue weighted by Crippen LogP contribution is 2.25. The Morgan fingerprint density at radius 1 is 1.33 bits per heavy atom. The Labute approximate surface area is 113 Å². The minimum Gasteiger partial charge on any atom is -0.315 e. The standard InChI is InChI=1S/C15H31N3/c1-5-12(2)15(16-4)11-18-10-14-7-6-8-17(14)9-13(18)3/h12-16H,5-11H2,1-4H3. The monoisotopic (exact) mass is 253 g/mol. The molecule has 2 aliphatic rings. The Kier molecular flexibility index (Phi) is 5.05. The zero-order valence-corrected chi connectivity index (χ0v) is 12.7. The summed E-state index contributed by atoms with van der Waals surface area (Å²) in [5.41, 5.74) is 0. The number of hydrogen-bond acceptors (Lipinski definition) is 3. The first-order valence-corrected chi connectivity index (χ1v) is 7.81. The van der Waals surface area contributed by atoms with Crippen molar-refractivity contribution in [2.24, 2.45) is 5.92 Å². The number of hydrogen-bond donors (Lipinski definition) is 1. The average molecular weight is 253 g/mol. The normalized spacial score (nSPS) is 33.3. The van der Waals surface area contributed by atoms with Gasteiger partial charge in [-0.15, -0.1) is 0 Å². The molecule has 0 saturated carbocycles. The molecule has 2 aliphatic heterocycles. The predicted molar refractivity (Wildman–Crippen MR) is 77.9 cm³/mol. The van der Waals surface area contributed by atoms with Gasteiger partial charge in [-0.1, -0.05) is 20.3 Å². The summed E-state index contributed by atoms with van der Waals surface area (Å²) in [7, 11) is 2.12. The molecule has 18 heavy (non-hydrogen) atoms. The first-order valence-electron chi connectivity index (χ1n) is 7.81. The van der Waals surface area contributed by atoms with Gasteiger partial charge in [-0.3, -0.25) is 9.80 Å². The van der Waals surface area contributed by atoms with Crippen molar-refractivity contribution in [2.45, 2.75) is 58.2 Å². The minimum absolute atomic E-state index is 0.644. The van der Waals surface area contributed by atoms with E-state index in [1.54, 1.807) is 0 Å². The summed E-state index contributed by atoms with van der Waals surface area (Å²) in [6.07, 6.45) is 4.09. The first-order chi connectivity index (χ1) is 8.65. The lowest BCUT2D eigenvalue weighted by atomic mass is 9.97. The molecule has 2 fully saturated rings. The number of nitrogens with zero attached hydrogens (tertiary/aromatic N) is 2. The van der Waals surface area contributed by atoms with Gasteiger partial charge < -0.3 is 5.32 Å². The van der Waals surface area contributed by atoms with Crippen LogP contribution in [0.5, 0.6) is 0 Å². The molecule has 0 aromatic heterocycles. The maximum absolute atomic E-state index is 3.53. The Hall–Kier alpha value is -0.120. The molecule has 0 aromatic rings. The van der Waals surface area contributed by atoms with Crippen molar-refractivity contribution in [3.63, 3.8) is 0 Å².